The van der Waals surface area contributed by atoms with Crippen molar-refractivity contribution >= 4 is 54.1 Å². The minimum absolute atomic E-state index is 0. The Hall–Kier alpha value is -1.02. The number of ether oxygens (including phenoxy) is 1. The fourth-order valence-corrected chi connectivity index (χ4v) is 4.43. The molecule has 3 atom stereocenters. The third-order valence-corrected chi connectivity index (χ3v) is 6.10. The van der Waals surface area contributed by atoms with Gasteiger partial charge in [0.05, 0.1) is 11.7 Å². The molecular formula is C21H31Cl2N3O2S. The molecule has 8 heteroatoms. The van der Waals surface area contributed by atoms with E-state index in [9.17, 15) is 4.79 Å². The maximum Gasteiger partial charge on any atom is 0.254 e. The minimum atomic E-state index is -0.725. The summed E-state index contributed by atoms with van der Waals surface area (Å²) in [5.41, 5.74) is 6.74. The lowest BCUT2D eigenvalue weighted by Crippen LogP contribution is -2.75. The number of carbonyl (C=O) groups is 1. The fourth-order valence-electron chi connectivity index (χ4n) is 4.01. The van der Waals surface area contributed by atoms with E-state index in [1.54, 1.807) is 7.11 Å². The van der Waals surface area contributed by atoms with Crippen molar-refractivity contribution in [3.63, 3.8) is 0 Å². The molecule has 3 rings (SSSR count). The van der Waals surface area contributed by atoms with Gasteiger partial charge in [-0.15, -0.1) is 24.8 Å². The molecule has 29 heavy (non-hydrogen) atoms. The lowest BCUT2D eigenvalue weighted by atomic mass is 9.88. The van der Waals surface area contributed by atoms with Gasteiger partial charge in [0, 0.05) is 44.0 Å². The summed E-state index contributed by atoms with van der Waals surface area (Å²) < 4.78 is 5.26. The van der Waals surface area contributed by atoms with Crippen molar-refractivity contribution in [2.75, 3.05) is 26.8 Å². The molecule has 1 amide bonds. The summed E-state index contributed by atoms with van der Waals surface area (Å²) in [4.78, 5) is 15.5. The maximum absolute atomic E-state index is 13.6. The first-order valence-corrected chi connectivity index (χ1v) is 10.0. The fraction of sp³-hybridized carbons (Fsp3) is 0.476. The van der Waals surface area contributed by atoms with E-state index in [0.29, 0.717) is 31.7 Å². The molecule has 5 nitrogen and oxygen atoms in total. The first-order chi connectivity index (χ1) is 13.0. The molecule has 1 aliphatic heterocycles. The lowest BCUT2D eigenvalue weighted by Gasteiger charge is -2.50. The summed E-state index contributed by atoms with van der Waals surface area (Å²) in [5.74, 6) is 0.0121. The lowest BCUT2D eigenvalue weighted by molar-refractivity contribution is 0.0261. The monoisotopic (exact) mass is 459 g/mol. The quantitative estimate of drug-likeness (QED) is 0.578. The van der Waals surface area contributed by atoms with Crippen molar-refractivity contribution in [2.24, 2.45) is 5.73 Å². The van der Waals surface area contributed by atoms with Crippen LogP contribution < -0.4 is 11.1 Å². The van der Waals surface area contributed by atoms with Crippen LogP contribution in [0.15, 0.2) is 42.5 Å². The van der Waals surface area contributed by atoms with Crippen LogP contribution in [0, 0.1) is 0 Å². The molecule has 0 saturated carbocycles. The van der Waals surface area contributed by atoms with E-state index < -0.39 is 5.66 Å². The Morgan fingerprint density at radius 1 is 1.31 bits per heavy atom. The molecule has 2 aromatic carbocycles. The maximum atomic E-state index is 13.6. The van der Waals surface area contributed by atoms with Gasteiger partial charge in [0.1, 0.15) is 0 Å². The first-order valence-electron chi connectivity index (χ1n) is 9.51. The summed E-state index contributed by atoms with van der Waals surface area (Å²) in [6.07, 6.45) is 1.44. The van der Waals surface area contributed by atoms with Crippen LogP contribution in [0.5, 0.6) is 0 Å². The molecule has 1 saturated heterocycles. The van der Waals surface area contributed by atoms with Gasteiger partial charge in [-0.1, -0.05) is 43.3 Å². The number of fused-ring (bicyclic) bond motifs is 1. The SMILES string of the molecule is CCC(S)C1N(C(=O)c2cccc3ccccc23)CCNC1(N)CCOC.Cl.Cl. The number of hydrogen-bond acceptors (Lipinski definition) is 5. The number of nitrogens with two attached hydrogens (primary N) is 1. The van der Waals surface area contributed by atoms with E-state index in [0.717, 1.165) is 17.2 Å². The first kappa shape index (κ1) is 26.0. The largest absolute Gasteiger partial charge is 0.385 e. The number of nitrogens with one attached hydrogen (secondary N) is 1. The van der Waals surface area contributed by atoms with E-state index >= 15 is 0 Å². The van der Waals surface area contributed by atoms with Crippen LogP contribution in [0.4, 0.5) is 0 Å². The number of thiol groups is 1. The normalized spacial score (nSPS) is 22.5. The van der Waals surface area contributed by atoms with Gasteiger partial charge in [0.2, 0.25) is 0 Å². The van der Waals surface area contributed by atoms with Gasteiger partial charge in [-0.2, -0.15) is 12.6 Å². The Morgan fingerprint density at radius 3 is 2.69 bits per heavy atom. The van der Waals surface area contributed by atoms with Crippen LogP contribution in [0.2, 0.25) is 0 Å². The summed E-state index contributed by atoms with van der Waals surface area (Å²) >= 11 is 4.79. The van der Waals surface area contributed by atoms with E-state index in [4.69, 9.17) is 23.1 Å². The molecule has 162 valence electrons. The number of hydrogen-bond donors (Lipinski definition) is 3. The van der Waals surface area contributed by atoms with Gasteiger partial charge in [-0.3, -0.25) is 10.1 Å². The van der Waals surface area contributed by atoms with Crippen LogP contribution in [0.25, 0.3) is 10.8 Å². The number of methoxy groups -OCH3 is 1. The Balaban J connectivity index is 0.00000210. The second-order valence-electron chi connectivity index (χ2n) is 7.16. The van der Waals surface area contributed by atoms with Gasteiger partial charge < -0.3 is 15.4 Å². The molecule has 2 aromatic rings. The molecule has 3 unspecified atom stereocenters. The van der Waals surface area contributed by atoms with Crippen LogP contribution in [0.3, 0.4) is 0 Å². The number of amides is 1. The average Bonchev–Trinajstić information content (AvgIpc) is 2.70. The Labute approximate surface area is 191 Å². The van der Waals surface area contributed by atoms with Gasteiger partial charge in [0.15, 0.2) is 0 Å². The summed E-state index contributed by atoms with van der Waals surface area (Å²) in [6, 6.07) is 13.6. The molecule has 1 aliphatic rings. The molecule has 0 aliphatic carbocycles. The number of piperazine rings is 1. The number of rotatable bonds is 6. The average molecular weight is 460 g/mol. The molecule has 3 N–H and O–H groups in total. The van der Waals surface area contributed by atoms with Gasteiger partial charge in [-0.25, -0.2) is 0 Å². The predicted molar refractivity (Wildman–Crippen MR) is 128 cm³/mol. The molecule has 0 radical (unpaired) electrons. The van der Waals surface area contributed by atoms with Crippen molar-refractivity contribution in [3.05, 3.63) is 48.0 Å². The third kappa shape index (κ3) is 5.37. The number of benzene rings is 2. The Morgan fingerprint density at radius 2 is 2.00 bits per heavy atom. The molecule has 1 fully saturated rings. The van der Waals surface area contributed by atoms with Crippen molar-refractivity contribution in [1.29, 1.82) is 0 Å². The van der Waals surface area contributed by atoms with Crippen LogP contribution >= 0.6 is 37.4 Å². The van der Waals surface area contributed by atoms with Crippen LogP contribution in [-0.2, 0) is 4.74 Å². The minimum Gasteiger partial charge on any atom is -0.385 e. The number of nitrogens with zero attached hydrogens (tertiary/aromatic N) is 1. The van der Waals surface area contributed by atoms with Crippen LogP contribution in [0.1, 0.15) is 30.1 Å². The smallest absolute Gasteiger partial charge is 0.254 e. The van der Waals surface area contributed by atoms with Crippen LogP contribution in [-0.4, -0.2) is 54.6 Å². The van der Waals surface area contributed by atoms with Gasteiger partial charge in [0.25, 0.3) is 5.91 Å². The van der Waals surface area contributed by atoms with E-state index in [1.165, 1.54) is 0 Å². The highest BCUT2D eigenvalue weighted by molar-refractivity contribution is 7.81. The van der Waals surface area contributed by atoms with E-state index in [2.05, 4.69) is 12.2 Å². The number of carbonyl (C=O) groups excluding carboxylic acids is 1. The second kappa shape index (κ2) is 11.4. The van der Waals surface area contributed by atoms with Crippen molar-refractivity contribution in [1.82, 2.24) is 10.2 Å². The third-order valence-electron chi connectivity index (χ3n) is 5.45. The zero-order valence-electron chi connectivity index (χ0n) is 16.8. The standard InChI is InChI=1S/C21H29N3O2S.2ClH/c1-3-18(27)19-21(22,11-14-26-2)23-12-13-24(19)20(25)17-10-6-8-15-7-4-5-9-16(15)17;;/h4-10,18-19,23,27H,3,11-14,22H2,1-2H3;2*1H. The summed E-state index contributed by atoms with van der Waals surface area (Å²) in [6.45, 7) is 3.86. The highest BCUT2D eigenvalue weighted by Crippen LogP contribution is 2.30. The van der Waals surface area contributed by atoms with E-state index in [-0.39, 0.29) is 42.0 Å². The predicted octanol–water partition coefficient (Wildman–Crippen LogP) is 3.50. The number of halogens is 2. The molecule has 0 bridgehead atoms. The zero-order chi connectivity index (χ0) is 19.4. The van der Waals surface area contributed by atoms with Gasteiger partial charge >= 0.3 is 0 Å². The molecule has 0 spiro atoms. The topological polar surface area (TPSA) is 67.6 Å². The highest BCUT2D eigenvalue weighted by Gasteiger charge is 2.46. The van der Waals surface area contributed by atoms with Crippen molar-refractivity contribution in [2.45, 2.75) is 36.7 Å². The molecular weight excluding hydrogens is 429 g/mol. The highest BCUT2D eigenvalue weighted by atomic mass is 35.5. The van der Waals surface area contributed by atoms with E-state index in [1.807, 2.05) is 47.4 Å². The summed E-state index contributed by atoms with van der Waals surface area (Å²) in [7, 11) is 1.66. The molecule has 0 aromatic heterocycles. The van der Waals surface area contributed by atoms with Crippen molar-refractivity contribution in [3.8, 4) is 0 Å². The molecule has 1 heterocycles. The van der Waals surface area contributed by atoms with Gasteiger partial charge in [-0.05, 0) is 23.3 Å². The zero-order valence-corrected chi connectivity index (χ0v) is 19.4. The van der Waals surface area contributed by atoms with Crippen molar-refractivity contribution < 1.29 is 9.53 Å². The Kier molecular flexibility index (Phi) is 10.2. The second-order valence-corrected chi connectivity index (χ2v) is 7.82. The summed E-state index contributed by atoms with van der Waals surface area (Å²) in [5, 5.41) is 5.42. The Bertz CT molecular complexity index is 805.